The van der Waals surface area contributed by atoms with E-state index in [-0.39, 0.29) is 11.7 Å². The molecule has 7 heteroatoms. The van der Waals surface area contributed by atoms with Crippen molar-refractivity contribution >= 4 is 34.4 Å². The third kappa shape index (κ3) is 5.06. The first-order valence-electron chi connectivity index (χ1n) is 9.25. The molecule has 6 nitrogen and oxygen atoms in total. The average molecular weight is 409 g/mol. The molecule has 29 heavy (non-hydrogen) atoms. The number of nitrogens with one attached hydrogen (secondary N) is 2. The average Bonchev–Trinajstić information content (AvgIpc) is 2.69. The van der Waals surface area contributed by atoms with Gasteiger partial charge in [0.1, 0.15) is 6.04 Å². The van der Waals surface area contributed by atoms with E-state index < -0.39 is 11.9 Å². The van der Waals surface area contributed by atoms with E-state index in [0.29, 0.717) is 16.4 Å². The molecule has 0 unspecified atom stereocenters. The smallest absolute Gasteiger partial charge is 0.248 e. The monoisotopic (exact) mass is 408 g/mol. The van der Waals surface area contributed by atoms with Crippen molar-refractivity contribution in [3.63, 3.8) is 0 Å². The zero-order chi connectivity index (χ0) is 21.0. The summed E-state index contributed by atoms with van der Waals surface area (Å²) in [5.41, 5.74) is 10.5. The fraction of sp³-hybridized carbons (Fsp3) is 0.227. The molecule has 0 saturated carbocycles. The Labute approximate surface area is 174 Å². The maximum atomic E-state index is 12.4. The Balaban J connectivity index is 1.73. The highest BCUT2D eigenvalue weighted by Crippen LogP contribution is 2.31. The minimum absolute atomic E-state index is 0.119. The second-order valence-electron chi connectivity index (χ2n) is 6.93. The van der Waals surface area contributed by atoms with Gasteiger partial charge in [-0.3, -0.25) is 9.59 Å². The summed E-state index contributed by atoms with van der Waals surface area (Å²) in [4.78, 5) is 29.0. The second kappa shape index (κ2) is 8.96. The van der Waals surface area contributed by atoms with Gasteiger partial charge in [0.15, 0.2) is 5.17 Å². The second-order valence-corrected chi connectivity index (χ2v) is 7.89. The summed E-state index contributed by atoms with van der Waals surface area (Å²) in [6.07, 6.45) is 0. The van der Waals surface area contributed by atoms with Gasteiger partial charge in [-0.25, -0.2) is 4.99 Å². The number of rotatable bonds is 5. The molecular weight excluding hydrogens is 384 g/mol. The zero-order valence-corrected chi connectivity index (χ0v) is 17.5. The number of aryl methyl sites for hydroxylation is 2. The van der Waals surface area contributed by atoms with Crippen LogP contribution in [0.15, 0.2) is 64.8 Å². The van der Waals surface area contributed by atoms with Crippen LogP contribution < -0.4 is 16.4 Å². The molecular formula is C22H24N4O2S. The van der Waals surface area contributed by atoms with Gasteiger partial charge < -0.3 is 16.4 Å². The number of allylic oxidation sites excluding steroid dienone is 1. The van der Waals surface area contributed by atoms with E-state index in [1.165, 1.54) is 11.8 Å². The number of nitrogens with two attached hydrogens (primary N) is 1. The SMILES string of the molecule is CC1=C(C(N)=O)[C@@H](c2ccccc2)N=C(SCC(=O)Nc2cc(C)ccc2C)N1. The summed E-state index contributed by atoms with van der Waals surface area (Å²) in [5.74, 6) is -0.434. The Kier molecular flexibility index (Phi) is 6.39. The highest BCUT2D eigenvalue weighted by molar-refractivity contribution is 8.14. The highest BCUT2D eigenvalue weighted by atomic mass is 32.2. The Hall–Kier alpha value is -3.06. The summed E-state index contributed by atoms with van der Waals surface area (Å²) in [5, 5.41) is 6.62. The third-order valence-electron chi connectivity index (χ3n) is 4.61. The summed E-state index contributed by atoms with van der Waals surface area (Å²) < 4.78 is 0. The first kappa shape index (κ1) is 20.7. The Morgan fingerprint density at radius 1 is 1.14 bits per heavy atom. The molecule has 2 amide bonds. The molecule has 2 aromatic rings. The van der Waals surface area contributed by atoms with Crippen molar-refractivity contribution in [1.29, 1.82) is 0 Å². The van der Waals surface area contributed by atoms with Crippen LogP contribution in [0.3, 0.4) is 0 Å². The molecule has 4 N–H and O–H groups in total. The number of primary amides is 1. The van der Waals surface area contributed by atoms with E-state index in [2.05, 4.69) is 15.6 Å². The summed E-state index contributed by atoms with van der Waals surface area (Å²) in [6, 6.07) is 15.0. The van der Waals surface area contributed by atoms with Crippen LogP contribution in [-0.4, -0.2) is 22.7 Å². The lowest BCUT2D eigenvalue weighted by molar-refractivity contribution is -0.115. The molecule has 0 bridgehead atoms. The number of anilines is 1. The number of carbonyl (C=O) groups is 2. The van der Waals surface area contributed by atoms with E-state index in [1.807, 2.05) is 62.4 Å². The first-order valence-corrected chi connectivity index (χ1v) is 10.2. The number of nitrogens with zero attached hydrogens (tertiary/aromatic N) is 1. The quantitative estimate of drug-likeness (QED) is 0.706. The molecule has 1 aliphatic rings. The van der Waals surface area contributed by atoms with Crippen LogP contribution in [0.2, 0.25) is 0 Å². The molecule has 3 rings (SSSR count). The number of thioether (sulfide) groups is 1. The number of aliphatic imine (C=N–C) groups is 1. The summed E-state index contributed by atoms with van der Waals surface area (Å²) in [6.45, 7) is 5.74. The van der Waals surface area contributed by atoms with E-state index >= 15 is 0 Å². The Bertz CT molecular complexity index is 999. The van der Waals surface area contributed by atoms with Gasteiger partial charge in [0.2, 0.25) is 11.8 Å². The van der Waals surface area contributed by atoms with Crippen molar-refractivity contribution in [3.8, 4) is 0 Å². The third-order valence-corrected chi connectivity index (χ3v) is 5.49. The minimum atomic E-state index is -0.510. The molecule has 0 aromatic heterocycles. The van der Waals surface area contributed by atoms with Gasteiger partial charge in [-0.15, -0.1) is 0 Å². The summed E-state index contributed by atoms with van der Waals surface area (Å²) >= 11 is 1.29. The van der Waals surface area contributed by atoms with Crippen molar-refractivity contribution in [2.24, 2.45) is 10.7 Å². The molecule has 0 radical (unpaired) electrons. The van der Waals surface area contributed by atoms with Crippen LogP contribution >= 0.6 is 11.8 Å². The van der Waals surface area contributed by atoms with Crippen molar-refractivity contribution in [2.75, 3.05) is 11.1 Å². The van der Waals surface area contributed by atoms with E-state index in [0.717, 1.165) is 22.4 Å². The molecule has 1 atom stereocenters. The maximum absolute atomic E-state index is 12.4. The predicted molar refractivity (Wildman–Crippen MR) is 119 cm³/mol. The van der Waals surface area contributed by atoms with Gasteiger partial charge in [-0.2, -0.15) is 0 Å². The lowest BCUT2D eigenvalue weighted by Crippen LogP contribution is -2.33. The van der Waals surface area contributed by atoms with Crippen LogP contribution in [-0.2, 0) is 9.59 Å². The van der Waals surface area contributed by atoms with Crippen LogP contribution in [0.4, 0.5) is 5.69 Å². The number of amidine groups is 1. The Morgan fingerprint density at radius 3 is 2.55 bits per heavy atom. The summed E-state index contributed by atoms with van der Waals surface area (Å²) in [7, 11) is 0. The highest BCUT2D eigenvalue weighted by Gasteiger charge is 2.28. The predicted octanol–water partition coefficient (Wildman–Crippen LogP) is 3.43. The largest absolute Gasteiger partial charge is 0.366 e. The van der Waals surface area contributed by atoms with Crippen molar-refractivity contribution in [1.82, 2.24) is 5.32 Å². The standard InChI is InChI=1S/C22H24N4O2S/c1-13-9-10-14(2)17(11-13)25-18(27)12-29-22-24-15(3)19(21(23)28)20(26-22)16-7-5-4-6-8-16/h4-11,20H,12H2,1-3H3,(H2,23,28)(H,24,26)(H,25,27)/t20-/m1/s1. The first-order chi connectivity index (χ1) is 13.8. The van der Waals surface area contributed by atoms with Crippen LogP contribution in [0.1, 0.15) is 29.7 Å². The number of carbonyl (C=O) groups excluding carboxylic acids is 2. The fourth-order valence-electron chi connectivity index (χ4n) is 3.11. The Morgan fingerprint density at radius 2 is 1.86 bits per heavy atom. The van der Waals surface area contributed by atoms with Crippen molar-refractivity contribution in [2.45, 2.75) is 26.8 Å². The lowest BCUT2D eigenvalue weighted by atomic mass is 9.96. The van der Waals surface area contributed by atoms with Crippen molar-refractivity contribution in [3.05, 3.63) is 76.5 Å². The number of benzene rings is 2. The van der Waals surface area contributed by atoms with Gasteiger partial charge in [-0.1, -0.05) is 54.2 Å². The van der Waals surface area contributed by atoms with Crippen LogP contribution in [0, 0.1) is 13.8 Å². The number of hydrogen-bond donors (Lipinski definition) is 3. The van der Waals surface area contributed by atoms with E-state index in [4.69, 9.17) is 5.73 Å². The molecule has 0 aliphatic carbocycles. The van der Waals surface area contributed by atoms with E-state index in [1.54, 1.807) is 6.92 Å². The molecule has 2 aromatic carbocycles. The molecule has 1 heterocycles. The maximum Gasteiger partial charge on any atom is 0.248 e. The fourth-order valence-corrected chi connectivity index (χ4v) is 3.85. The molecule has 1 aliphatic heterocycles. The van der Waals surface area contributed by atoms with E-state index in [9.17, 15) is 9.59 Å². The topological polar surface area (TPSA) is 96.6 Å². The lowest BCUT2D eigenvalue weighted by Gasteiger charge is -2.25. The molecule has 0 spiro atoms. The zero-order valence-electron chi connectivity index (χ0n) is 16.7. The van der Waals surface area contributed by atoms with Gasteiger partial charge >= 0.3 is 0 Å². The normalized spacial score (nSPS) is 16.1. The van der Waals surface area contributed by atoms with Crippen LogP contribution in [0.25, 0.3) is 0 Å². The van der Waals surface area contributed by atoms with Gasteiger partial charge in [0.25, 0.3) is 0 Å². The number of amides is 2. The van der Waals surface area contributed by atoms with Gasteiger partial charge in [0, 0.05) is 11.4 Å². The van der Waals surface area contributed by atoms with Gasteiger partial charge in [-0.05, 0) is 43.5 Å². The van der Waals surface area contributed by atoms with Gasteiger partial charge in [0.05, 0.1) is 11.3 Å². The molecule has 0 fully saturated rings. The van der Waals surface area contributed by atoms with Crippen molar-refractivity contribution < 1.29 is 9.59 Å². The minimum Gasteiger partial charge on any atom is -0.366 e. The number of hydrogen-bond acceptors (Lipinski definition) is 5. The molecule has 0 saturated heterocycles. The molecule has 150 valence electrons. The van der Waals surface area contributed by atoms with Crippen LogP contribution in [0.5, 0.6) is 0 Å².